The first-order valence-electron chi connectivity index (χ1n) is 7.01. The molecule has 20 heavy (non-hydrogen) atoms. The van der Waals surface area contributed by atoms with Crippen LogP contribution in [-0.4, -0.2) is 40.9 Å². The molecule has 1 saturated heterocycles. The molecule has 1 aliphatic rings. The summed E-state index contributed by atoms with van der Waals surface area (Å²) in [6, 6.07) is 3.11. The zero-order valence-corrected chi connectivity index (χ0v) is 11.6. The minimum absolute atomic E-state index is 0.0100. The van der Waals surface area contributed by atoms with E-state index in [4.69, 9.17) is 0 Å². The van der Waals surface area contributed by atoms with Crippen LogP contribution < -0.4 is 0 Å². The smallest absolute Gasteiger partial charge is 0.129 e. The van der Waals surface area contributed by atoms with Crippen LogP contribution in [0.5, 0.6) is 0 Å². The number of halogens is 2. The molecule has 0 spiro atoms. The Kier molecular flexibility index (Phi) is 5.07. The molecule has 0 aliphatic carbocycles. The summed E-state index contributed by atoms with van der Waals surface area (Å²) in [5.74, 6) is -0.975. The van der Waals surface area contributed by atoms with Crippen LogP contribution in [0.15, 0.2) is 18.2 Å². The topological polar surface area (TPSA) is 43.7 Å². The van der Waals surface area contributed by atoms with Crippen LogP contribution in [0.1, 0.15) is 31.4 Å². The molecular weight excluding hydrogens is 264 g/mol. The van der Waals surface area contributed by atoms with Gasteiger partial charge in [-0.15, -0.1) is 0 Å². The van der Waals surface area contributed by atoms with E-state index >= 15 is 0 Å². The van der Waals surface area contributed by atoms with Crippen molar-refractivity contribution in [3.05, 3.63) is 35.4 Å². The van der Waals surface area contributed by atoms with Gasteiger partial charge in [0.25, 0.3) is 0 Å². The molecule has 0 bridgehead atoms. The molecule has 3 nitrogen and oxygen atoms in total. The number of piperidine rings is 1. The molecule has 0 saturated carbocycles. The number of aliphatic hydroxyl groups is 2. The van der Waals surface area contributed by atoms with Crippen LogP contribution in [0.25, 0.3) is 0 Å². The van der Waals surface area contributed by atoms with Crippen LogP contribution >= 0.6 is 0 Å². The monoisotopic (exact) mass is 285 g/mol. The molecule has 5 heteroatoms. The fourth-order valence-corrected chi connectivity index (χ4v) is 2.76. The Balaban J connectivity index is 2.00. The summed E-state index contributed by atoms with van der Waals surface area (Å²) in [6.07, 6.45) is 0.450. The predicted molar refractivity (Wildman–Crippen MR) is 72.2 cm³/mol. The minimum atomic E-state index is -1.06. The summed E-state index contributed by atoms with van der Waals surface area (Å²) in [5.41, 5.74) is -0.0100. The van der Waals surface area contributed by atoms with Gasteiger partial charge in [-0.2, -0.15) is 0 Å². The highest BCUT2D eigenvalue weighted by molar-refractivity contribution is 5.21. The first-order chi connectivity index (χ1) is 9.47. The van der Waals surface area contributed by atoms with Crippen molar-refractivity contribution in [2.45, 2.75) is 32.0 Å². The van der Waals surface area contributed by atoms with Gasteiger partial charge in [-0.05, 0) is 50.4 Å². The second-order valence-corrected chi connectivity index (χ2v) is 5.58. The zero-order valence-electron chi connectivity index (χ0n) is 11.6. The van der Waals surface area contributed by atoms with Gasteiger partial charge in [0.05, 0.1) is 12.2 Å². The third-order valence-corrected chi connectivity index (χ3v) is 3.97. The fraction of sp³-hybridized carbons (Fsp3) is 0.600. The van der Waals surface area contributed by atoms with Crippen LogP contribution in [0.4, 0.5) is 8.78 Å². The van der Waals surface area contributed by atoms with Gasteiger partial charge >= 0.3 is 0 Å². The van der Waals surface area contributed by atoms with E-state index in [-0.39, 0.29) is 24.1 Å². The Labute approximate surface area is 117 Å². The molecule has 1 aliphatic heterocycles. The predicted octanol–water partition coefficient (Wildman–Crippen LogP) is 2.09. The first kappa shape index (κ1) is 15.4. The lowest BCUT2D eigenvalue weighted by Crippen LogP contribution is -2.41. The lowest BCUT2D eigenvalue weighted by molar-refractivity contribution is 0.0368. The van der Waals surface area contributed by atoms with E-state index in [1.165, 1.54) is 0 Å². The van der Waals surface area contributed by atoms with E-state index in [0.717, 1.165) is 37.6 Å². The number of hydrogen-bond acceptors (Lipinski definition) is 3. The number of aliphatic hydroxyl groups excluding tert-OH is 2. The van der Waals surface area contributed by atoms with Gasteiger partial charge < -0.3 is 15.1 Å². The molecule has 0 aromatic heterocycles. The Hall–Kier alpha value is -1.04. The van der Waals surface area contributed by atoms with Gasteiger partial charge in [0.1, 0.15) is 11.6 Å². The summed E-state index contributed by atoms with van der Waals surface area (Å²) in [7, 11) is 0. The summed E-state index contributed by atoms with van der Waals surface area (Å²) >= 11 is 0. The van der Waals surface area contributed by atoms with Crippen molar-refractivity contribution in [3.63, 3.8) is 0 Å². The van der Waals surface area contributed by atoms with Crippen molar-refractivity contribution < 1.29 is 19.0 Å². The molecular formula is C15H21F2NO2. The molecule has 112 valence electrons. The van der Waals surface area contributed by atoms with E-state index in [2.05, 4.69) is 0 Å². The summed E-state index contributed by atoms with van der Waals surface area (Å²) in [5, 5.41) is 19.7. The molecule has 1 heterocycles. The highest BCUT2D eigenvalue weighted by Gasteiger charge is 2.25. The van der Waals surface area contributed by atoms with Gasteiger partial charge in [0.2, 0.25) is 0 Å². The van der Waals surface area contributed by atoms with E-state index in [1.807, 2.05) is 4.90 Å². The second kappa shape index (κ2) is 6.61. The first-order valence-corrected chi connectivity index (χ1v) is 7.01. The summed E-state index contributed by atoms with van der Waals surface area (Å²) in [4.78, 5) is 2.00. The lowest BCUT2D eigenvalue weighted by Gasteiger charge is -2.35. The Morgan fingerprint density at radius 3 is 2.80 bits per heavy atom. The van der Waals surface area contributed by atoms with Gasteiger partial charge in [-0.3, -0.25) is 0 Å². The van der Waals surface area contributed by atoms with Gasteiger partial charge in [-0.25, -0.2) is 8.78 Å². The molecule has 2 rings (SSSR count). The Bertz CT molecular complexity index is 453. The Morgan fingerprint density at radius 2 is 2.10 bits per heavy atom. The van der Waals surface area contributed by atoms with Crippen molar-refractivity contribution in [2.75, 3.05) is 19.6 Å². The molecule has 1 aromatic rings. The maximum Gasteiger partial charge on any atom is 0.129 e. The maximum absolute atomic E-state index is 13.6. The quantitative estimate of drug-likeness (QED) is 0.890. The number of nitrogens with zero attached hydrogens (tertiary/aromatic N) is 1. The molecule has 1 fully saturated rings. The highest BCUT2D eigenvalue weighted by atomic mass is 19.1. The van der Waals surface area contributed by atoms with E-state index in [1.54, 1.807) is 6.92 Å². The second-order valence-electron chi connectivity index (χ2n) is 5.58. The molecule has 3 unspecified atom stereocenters. The van der Waals surface area contributed by atoms with Crippen molar-refractivity contribution in [2.24, 2.45) is 5.92 Å². The largest absolute Gasteiger partial charge is 0.393 e. The SMILES string of the molecule is CC(O)C1CCCN(CC(O)c2cc(F)ccc2F)C1. The fourth-order valence-electron chi connectivity index (χ4n) is 2.76. The average Bonchev–Trinajstić information content (AvgIpc) is 2.41. The highest BCUT2D eigenvalue weighted by Crippen LogP contribution is 2.24. The zero-order chi connectivity index (χ0) is 14.7. The van der Waals surface area contributed by atoms with Crippen LogP contribution in [0.2, 0.25) is 0 Å². The van der Waals surface area contributed by atoms with Crippen LogP contribution in [0.3, 0.4) is 0 Å². The Morgan fingerprint density at radius 1 is 1.35 bits per heavy atom. The van der Waals surface area contributed by atoms with E-state index < -0.39 is 17.7 Å². The maximum atomic E-state index is 13.6. The molecule has 2 N–H and O–H groups in total. The van der Waals surface area contributed by atoms with Gasteiger partial charge in [0, 0.05) is 18.7 Å². The van der Waals surface area contributed by atoms with Crippen molar-refractivity contribution in [1.82, 2.24) is 4.90 Å². The summed E-state index contributed by atoms with van der Waals surface area (Å²) in [6.45, 7) is 3.49. The third kappa shape index (κ3) is 3.75. The van der Waals surface area contributed by atoms with Crippen molar-refractivity contribution in [3.8, 4) is 0 Å². The number of rotatable bonds is 4. The third-order valence-electron chi connectivity index (χ3n) is 3.97. The van der Waals surface area contributed by atoms with Gasteiger partial charge in [0.15, 0.2) is 0 Å². The number of likely N-dealkylation sites (tertiary alicyclic amines) is 1. The van der Waals surface area contributed by atoms with Gasteiger partial charge in [-0.1, -0.05) is 0 Å². The molecule has 3 atom stereocenters. The van der Waals surface area contributed by atoms with Crippen molar-refractivity contribution >= 4 is 0 Å². The number of hydrogen-bond donors (Lipinski definition) is 2. The number of β-amino-alcohol motifs (C(OH)–C–C–N with tert-alkyl or cyclic N) is 1. The van der Waals surface area contributed by atoms with Crippen molar-refractivity contribution in [1.29, 1.82) is 0 Å². The molecule has 0 amide bonds. The van der Waals surface area contributed by atoms with E-state index in [0.29, 0.717) is 6.54 Å². The standard InChI is InChI=1S/C15H21F2NO2/c1-10(19)11-3-2-6-18(8-11)9-15(20)13-7-12(16)4-5-14(13)17/h4-5,7,10-11,15,19-20H,2-3,6,8-9H2,1H3. The van der Waals surface area contributed by atoms with Crippen LogP contribution in [0, 0.1) is 17.6 Å². The normalized spacial score (nSPS) is 23.6. The van der Waals surface area contributed by atoms with E-state index in [9.17, 15) is 19.0 Å². The van der Waals surface area contributed by atoms with Crippen LogP contribution in [-0.2, 0) is 0 Å². The summed E-state index contributed by atoms with van der Waals surface area (Å²) < 4.78 is 26.7. The lowest BCUT2D eigenvalue weighted by atomic mass is 9.93. The number of benzene rings is 1. The minimum Gasteiger partial charge on any atom is -0.393 e. The molecule has 1 aromatic carbocycles. The average molecular weight is 285 g/mol. The molecule has 0 radical (unpaired) electrons.